The number of aromatic nitrogens is 2. The van der Waals surface area contributed by atoms with E-state index >= 15 is 0 Å². The Morgan fingerprint density at radius 3 is 1.58 bits per heavy atom. The lowest BCUT2D eigenvalue weighted by Crippen LogP contribution is -2.19. The molecular formula is C28H21N5O3. The van der Waals surface area contributed by atoms with Crippen LogP contribution >= 0.6 is 0 Å². The van der Waals surface area contributed by atoms with Crippen molar-refractivity contribution in [3.63, 3.8) is 0 Å². The zero-order valence-corrected chi connectivity index (χ0v) is 19.0. The first-order chi connectivity index (χ1) is 17.6. The van der Waals surface area contributed by atoms with Crippen LogP contribution in [0.15, 0.2) is 114 Å². The van der Waals surface area contributed by atoms with Gasteiger partial charge in [-0.05, 0) is 72.8 Å². The van der Waals surface area contributed by atoms with Crippen molar-refractivity contribution >= 4 is 29.0 Å². The number of para-hydroxylation sites is 1. The molecule has 8 heteroatoms. The summed E-state index contributed by atoms with van der Waals surface area (Å²) in [6, 6.07) is 32.1. The Labute approximate surface area is 207 Å². The average molecular weight is 476 g/mol. The van der Waals surface area contributed by atoms with Crippen molar-refractivity contribution in [1.82, 2.24) is 10.2 Å². The van der Waals surface area contributed by atoms with Crippen molar-refractivity contribution < 1.29 is 14.0 Å². The van der Waals surface area contributed by atoms with Crippen LogP contribution in [0.5, 0.6) is 0 Å². The number of anilines is 3. The number of carbonyl (C=O) groups is 2. The molecule has 3 N–H and O–H groups in total. The number of nitrogens with one attached hydrogen (secondary N) is 3. The van der Waals surface area contributed by atoms with E-state index in [1.54, 1.807) is 60.7 Å². The zero-order valence-electron chi connectivity index (χ0n) is 19.0. The first-order valence-corrected chi connectivity index (χ1v) is 11.2. The summed E-state index contributed by atoms with van der Waals surface area (Å²) in [4.78, 5) is 24.8. The third kappa shape index (κ3) is 5.45. The summed E-state index contributed by atoms with van der Waals surface area (Å²) in [5.74, 6) is 0.544. The first kappa shape index (κ1) is 22.5. The number of amides is 3. The van der Waals surface area contributed by atoms with Gasteiger partial charge in [0.25, 0.3) is 5.91 Å². The summed E-state index contributed by atoms with van der Waals surface area (Å²) in [6.07, 6.45) is 0. The molecule has 8 nitrogen and oxygen atoms in total. The van der Waals surface area contributed by atoms with E-state index in [4.69, 9.17) is 4.42 Å². The Kier molecular flexibility index (Phi) is 6.48. The predicted octanol–water partition coefficient (Wildman–Crippen LogP) is 6.30. The topological polar surface area (TPSA) is 109 Å². The third-order valence-electron chi connectivity index (χ3n) is 5.27. The molecule has 176 valence electrons. The van der Waals surface area contributed by atoms with Gasteiger partial charge in [-0.3, -0.25) is 4.79 Å². The Hall–Kier alpha value is -5.24. The normalized spacial score (nSPS) is 10.4. The van der Waals surface area contributed by atoms with Crippen LogP contribution in [0.1, 0.15) is 10.4 Å². The Bertz CT molecular complexity index is 1470. The smallest absolute Gasteiger partial charge is 0.323 e. The van der Waals surface area contributed by atoms with Crippen LogP contribution in [0.4, 0.5) is 21.9 Å². The van der Waals surface area contributed by atoms with Crippen molar-refractivity contribution in [3.8, 4) is 22.9 Å². The molecular weight excluding hydrogens is 454 g/mol. The summed E-state index contributed by atoms with van der Waals surface area (Å²) in [7, 11) is 0. The van der Waals surface area contributed by atoms with E-state index in [1.807, 2.05) is 48.5 Å². The molecule has 3 amide bonds. The van der Waals surface area contributed by atoms with Crippen molar-refractivity contribution in [1.29, 1.82) is 0 Å². The first-order valence-electron chi connectivity index (χ1n) is 11.2. The van der Waals surface area contributed by atoms with E-state index in [9.17, 15) is 9.59 Å². The van der Waals surface area contributed by atoms with Gasteiger partial charge in [0, 0.05) is 33.8 Å². The van der Waals surface area contributed by atoms with Gasteiger partial charge in [0.1, 0.15) is 0 Å². The summed E-state index contributed by atoms with van der Waals surface area (Å²) in [6.45, 7) is 0. The lowest BCUT2D eigenvalue weighted by molar-refractivity contribution is 0.102. The zero-order chi connectivity index (χ0) is 24.7. The highest BCUT2D eigenvalue weighted by atomic mass is 16.4. The summed E-state index contributed by atoms with van der Waals surface area (Å²) < 4.78 is 5.77. The maximum absolute atomic E-state index is 12.7. The molecule has 0 saturated heterocycles. The fourth-order valence-electron chi connectivity index (χ4n) is 3.46. The third-order valence-corrected chi connectivity index (χ3v) is 5.27. The second-order valence-corrected chi connectivity index (χ2v) is 7.83. The van der Waals surface area contributed by atoms with Crippen LogP contribution in [-0.2, 0) is 0 Å². The Morgan fingerprint density at radius 2 is 1.00 bits per heavy atom. The molecule has 1 heterocycles. The van der Waals surface area contributed by atoms with Crippen LogP contribution in [0.2, 0.25) is 0 Å². The van der Waals surface area contributed by atoms with Crippen LogP contribution < -0.4 is 16.0 Å². The minimum absolute atomic E-state index is 0.264. The monoisotopic (exact) mass is 475 g/mol. The lowest BCUT2D eigenvalue weighted by atomic mass is 10.1. The van der Waals surface area contributed by atoms with Crippen LogP contribution in [0.25, 0.3) is 22.9 Å². The molecule has 0 saturated carbocycles. The Morgan fingerprint density at radius 1 is 0.528 bits per heavy atom. The molecule has 36 heavy (non-hydrogen) atoms. The van der Waals surface area contributed by atoms with E-state index in [0.29, 0.717) is 40.0 Å². The number of carbonyl (C=O) groups excluding carboxylic acids is 2. The van der Waals surface area contributed by atoms with Gasteiger partial charge in [0.15, 0.2) is 0 Å². The summed E-state index contributed by atoms with van der Waals surface area (Å²) in [5.41, 5.74) is 3.92. The van der Waals surface area contributed by atoms with Crippen LogP contribution in [-0.4, -0.2) is 22.1 Å². The molecule has 0 aliphatic carbocycles. The van der Waals surface area contributed by atoms with Gasteiger partial charge in [0.2, 0.25) is 11.8 Å². The molecule has 0 unspecified atom stereocenters. The van der Waals surface area contributed by atoms with E-state index in [-0.39, 0.29) is 11.9 Å². The molecule has 0 spiro atoms. The molecule has 0 aliphatic heterocycles. The summed E-state index contributed by atoms with van der Waals surface area (Å²) in [5, 5.41) is 16.5. The number of nitrogens with zero attached hydrogens (tertiary/aromatic N) is 2. The second-order valence-electron chi connectivity index (χ2n) is 7.83. The van der Waals surface area contributed by atoms with Gasteiger partial charge in [0.05, 0.1) is 0 Å². The second kappa shape index (κ2) is 10.4. The van der Waals surface area contributed by atoms with Crippen molar-refractivity contribution in [2.45, 2.75) is 0 Å². The molecule has 5 rings (SSSR count). The van der Waals surface area contributed by atoms with E-state index < -0.39 is 0 Å². The largest absolute Gasteiger partial charge is 0.416 e. The van der Waals surface area contributed by atoms with Gasteiger partial charge < -0.3 is 20.4 Å². The highest BCUT2D eigenvalue weighted by molar-refractivity contribution is 6.05. The van der Waals surface area contributed by atoms with E-state index in [0.717, 1.165) is 5.56 Å². The number of hydrogen-bond donors (Lipinski definition) is 3. The Balaban J connectivity index is 1.18. The molecule has 4 aromatic carbocycles. The number of rotatable bonds is 6. The molecule has 0 radical (unpaired) electrons. The molecule has 0 aliphatic rings. The quantitative estimate of drug-likeness (QED) is 0.267. The van der Waals surface area contributed by atoms with Crippen LogP contribution in [0.3, 0.4) is 0 Å². The number of hydrogen-bond acceptors (Lipinski definition) is 5. The standard InChI is InChI=1S/C28H21N5O3/c34-25(29-23-15-17-24(18-16-23)31-28(35)30-22-9-5-2-6-10-22)19-11-13-21(14-12-19)27-33-32-26(36-27)20-7-3-1-4-8-20/h1-18H,(H,29,34)(H2,30,31,35). The van der Waals surface area contributed by atoms with Crippen molar-refractivity contribution in [2.75, 3.05) is 16.0 Å². The SMILES string of the molecule is O=C(Nc1ccccc1)Nc1ccc(NC(=O)c2ccc(-c3nnc(-c4ccccc4)o3)cc2)cc1. The molecule has 0 fully saturated rings. The predicted molar refractivity (Wildman–Crippen MR) is 139 cm³/mol. The van der Waals surface area contributed by atoms with Crippen molar-refractivity contribution in [2.24, 2.45) is 0 Å². The molecule has 0 bridgehead atoms. The van der Waals surface area contributed by atoms with Crippen LogP contribution in [0, 0.1) is 0 Å². The van der Waals surface area contributed by atoms with Gasteiger partial charge in [-0.2, -0.15) is 0 Å². The fraction of sp³-hybridized carbons (Fsp3) is 0. The van der Waals surface area contributed by atoms with Gasteiger partial charge in [-0.15, -0.1) is 10.2 Å². The maximum Gasteiger partial charge on any atom is 0.323 e. The van der Waals surface area contributed by atoms with Gasteiger partial charge >= 0.3 is 6.03 Å². The number of urea groups is 1. The van der Waals surface area contributed by atoms with Gasteiger partial charge in [-0.25, -0.2) is 4.79 Å². The summed E-state index contributed by atoms with van der Waals surface area (Å²) >= 11 is 0. The maximum atomic E-state index is 12.7. The average Bonchev–Trinajstić information content (AvgIpc) is 3.41. The lowest BCUT2D eigenvalue weighted by Gasteiger charge is -2.09. The van der Waals surface area contributed by atoms with E-state index in [2.05, 4.69) is 26.1 Å². The highest BCUT2D eigenvalue weighted by Gasteiger charge is 2.12. The van der Waals surface area contributed by atoms with Gasteiger partial charge in [-0.1, -0.05) is 36.4 Å². The fourth-order valence-corrected chi connectivity index (χ4v) is 3.46. The molecule has 1 aromatic heterocycles. The minimum atomic E-state index is -0.352. The molecule has 0 atom stereocenters. The minimum Gasteiger partial charge on any atom is -0.416 e. The highest BCUT2D eigenvalue weighted by Crippen LogP contribution is 2.24. The van der Waals surface area contributed by atoms with E-state index in [1.165, 1.54) is 0 Å². The van der Waals surface area contributed by atoms with Crippen molar-refractivity contribution in [3.05, 3.63) is 115 Å². The molecule has 5 aromatic rings. The number of benzene rings is 4.